The molecule has 0 saturated carbocycles. The molecule has 18 heavy (non-hydrogen) atoms. The molecule has 0 spiro atoms. The first-order valence-corrected chi connectivity index (χ1v) is 6.38. The van der Waals surface area contributed by atoms with Gasteiger partial charge in [0.15, 0.2) is 11.5 Å². The maximum absolute atomic E-state index is 13.0. The lowest BCUT2D eigenvalue weighted by atomic mass is 10.1. The molecule has 3 rings (SSSR count). The zero-order valence-corrected chi connectivity index (χ0v) is 11.7. The van der Waals surface area contributed by atoms with Gasteiger partial charge < -0.3 is 13.9 Å². The average Bonchev–Trinajstić information content (AvgIpc) is 2.85. The lowest BCUT2D eigenvalue weighted by Gasteiger charge is -2.07. The molecule has 1 aliphatic rings. The van der Waals surface area contributed by atoms with Crippen LogP contribution in [0.1, 0.15) is 0 Å². The third-order valence-electron chi connectivity index (χ3n) is 2.36. The third-order valence-corrected chi connectivity index (χ3v) is 3.74. The number of benzene rings is 1. The molecule has 0 aliphatic carbocycles. The van der Waals surface area contributed by atoms with Gasteiger partial charge in [-0.05, 0) is 50.1 Å². The van der Waals surface area contributed by atoms with Crippen LogP contribution in [0, 0.1) is 0 Å². The molecular weight excluding hydrogens is 378 g/mol. The van der Waals surface area contributed by atoms with Crippen LogP contribution in [0.3, 0.4) is 0 Å². The fraction of sp³-hybridized carbons (Fsp3) is 0.0909. The Balaban J connectivity index is 2.20. The van der Waals surface area contributed by atoms with Gasteiger partial charge in [-0.2, -0.15) is 0 Å². The minimum absolute atomic E-state index is 0.0333. The van der Waals surface area contributed by atoms with E-state index in [0.717, 1.165) is 0 Å². The standard InChI is InChI=1S/C11H4Br2F2O3/c12-5-4-7-10(18-11(14,15)17-7)9(13)8(5)6-2-1-3-16-6/h1-4H. The molecule has 2 heterocycles. The predicted molar refractivity (Wildman–Crippen MR) is 65.7 cm³/mol. The van der Waals surface area contributed by atoms with Crippen molar-refractivity contribution in [1.82, 2.24) is 0 Å². The maximum Gasteiger partial charge on any atom is 0.586 e. The molecule has 1 aromatic carbocycles. The maximum atomic E-state index is 13.0. The molecule has 0 saturated heterocycles. The highest BCUT2D eigenvalue weighted by molar-refractivity contribution is 9.11. The van der Waals surface area contributed by atoms with Gasteiger partial charge in [-0.1, -0.05) is 0 Å². The summed E-state index contributed by atoms with van der Waals surface area (Å²) in [7, 11) is 0. The number of ether oxygens (including phenoxy) is 2. The molecule has 0 amide bonds. The van der Waals surface area contributed by atoms with Crippen LogP contribution < -0.4 is 9.47 Å². The first kappa shape index (κ1) is 12.0. The molecule has 3 nitrogen and oxygen atoms in total. The van der Waals surface area contributed by atoms with Gasteiger partial charge in [-0.25, -0.2) is 0 Å². The molecule has 1 aromatic heterocycles. The predicted octanol–water partition coefficient (Wildman–Crippen LogP) is 4.79. The normalized spacial score (nSPS) is 16.0. The van der Waals surface area contributed by atoms with Crippen LogP contribution in [0.15, 0.2) is 37.8 Å². The number of hydrogen-bond acceptors (Lipinski definition) is 3. The summed E-state index contributed by atoms with van der Waals surface area (Å²) in [5.74, 6) is 0.444. The van der Waals surface area contributed by atoms with Gasteiger partial charge >= 0.3 is 6.29 Å². The highest BCUT2D eigenvalue weighted by atomic mass is 79.9. The topological polar surface area (TPSA) is 31.6 Å². The molecule has 0 atom stereocenters. The zero-order valence-electron chi connectivity index (χ0n) is 8.55. The Hall–Kier alpha value is -1.08. The van der Waals surface area contributed by atoms with Crippen molar-refractivity contribution in [3.05, 3.63) is 33.4 Å². The fourth-order valence-corrected chi connectivity index (χ4v) is 3.22. The van der Waals surface area contributed by atoms with E-state index in [1.165, 1.54) is 12.3 Å². The van der Waals surface area contributed by atoms with E-state index in [2.05, 4.69) is 41.3 Å². The van der Waals surface area contributed by atoms with Crippen molar-refractivity contribution >= 4 is 31.9 Å². The summed E-state index contributed by atoms with van der Waals surface area (Å²) >= 11 is 6.52. The largest absolute Gasteiger partial charge is 0.586 e. The molecule has 0 unspecified atom stereocenters. The molecule has 0 N–H and O–H groups in total. The molecular formula is C11H4Br2F2O3. The Labute approximate surface area is 117 Å². The molecule has 7 heteroatoms. The second-order valence-corrected chi connectivity index (χ2v) is 5.17. The zero-order chi connectivity index (χ0) is 12.9. The monoisotopic (exact) mass is 380 g/mol. The van der Waals surface area contributed by atoms with Crippen molar-refractivity contribution in [2.45, 2.75) is 6.29 Å². The molecule has 0 fully saturated rings. The summed E-state index contributed by atoms with van der Waals surface area (Å²) in [6.07, 6.45) is -2.15. The van der Waals surface area contributed by atoms with Crippen LogP contribution in [-0.2, 0) is 0 Å². The van der Waals surface area contributed by atoms with E-state index >= 15 is 0 Å². The highest BCUT2D eigenvalue weighted by Gasteiger charge is 2.45. The minimum Gasteiger partial charge on any atom is -0.464 e. The average molecular weight is 382 g/mol. The van der Waals surface area contributed by atoms with Crippen LogP contribution in [-0.4, -0.2) is 6.29 Å². The van der Waals surface area contributed by atoms with Crippen molar-refractivity contribution in [2.24, 2.45) is 0 Å². The summed E-state index contributed by atoms with van der Waals surface area (Å²) in [5, 5.41) is 0. The SMILES string of the molecule is FC1(F)Oc2cc(Br)c(-c3ccco3)c(Br)c2O1. The van der Waals surface area contributed by atoms with Gasteiger partial charge in [0, 0.05) is 10.0 Å². The number of halogens is 4. The lowest BCUT2D eigenvalue weighted by Crippen LogP contribution is -2.26. The van der Waals surface area contributed by atoms with E-state index in [9.17, 15) is 8.78 Å². The molecule has 0 radical (unpaired) electrons. The summed E-state index contributed by atoms with van der Waals surface area (Å²) in [6.45, 7) is 0. The summed E-state index contributed by atoms with van der Waals surface area (Å²) in [5.41, 5.74) is 0.583. The number of rotatable bonds is 1. The van der Waals surface area contributed by atoms with E-state index in [4.69, 9.17) is 4.42 Å². The van der Waals surface area contributed by atoms with Crippen LogP contribution >= 0.6 is 31.9 Å². The number of fused-ring (bicyclic) bond motifs is 1. The van der Waals surface area contributed by atoms with Crippen molar-refractivity contribution < 1.29 is 22.7 Å². The lowest BCUT2D eigenvalue weighted by molar-refractivity contribution is -0.286. The van der Waals surface area contributed by atoms with Crippen molar-refractivity contribution in [3.8, 4) is 22.8 Å². The molecule has 1 aliphatic heterocycles. The van der Waals surface area contributed by atoms with E-state index in [1.54, 1.807) is 12.1 Å². The second kappa shape index (κ2) is 3.96. The van der Waals surface area contributed by atoms with Crippen molar-refractivity contribution in [2.75, 3.05) is 0 Å². The third kappa shape index (κ3) is 1.81. The van der Waals surface area contributed by atoms with Gasteiger partial charge in [0.25, 0.3) is 0 Å². The van der Waals surface area contributed by atoms with Crippen molar-refractivity contribution in [3.63, 3.8) is 0 Å². The highest BCUT2D eigenvalue weighted by Crippen LogP contribution is 2.52. The number of furan rings is 1. The van der Waals surface area contributed by atoms with E-state index in [1.807, 2.05) is 0 Å². The van der Waals surface area contributed by atoms with E-state index in [-0.39, 0.29) is 11.5 Å². The Morgan fingerprint density at radius 2 is 1.94 bits per heavy atom. The molecule has 2 aromatic rings. The van der Waals surface area contributed by atoms with Gasteiger partial charge in [0.2, 0.25) is 0 Å². The second-order valence-electron chi connectivity index (χ2n) is 3.52. The Kier molecular flexibility index (Phi) is 2.63. The number of alkyl halides is 2. The first-order valence-electron chi connectivity index (χ1n) is 4.79. The Morgan fingerprint density at radius 3 is 2.61 bits per heavy atom. The van der Waals surface area contributed by atoms with Gasteiger partial charge in [0.05, 0.1) is 10.7 Å². The van der Waals surface area contributed by atoms with Crippen LogP contribution in [0.25, 0.3) is 11.3 Å². The molecule has 94 valence electrons. The Bertz CT molecular complexity index is 611. The quantitative estimate of drug-likeness (QED) is 0.711. The van der Waals surface area contributed by atoms with E-state index < -0.39 is 6.29 Å². The van der Waals surface area contributed by atoms with Crippen molar-refractivity contribution in [1.29, 1.82) is 0 Å². The van der Waals surface area contributed by atoms with Gasteiger partial charge in [-0.3, -0.25) is 0 Å². The number of hydrogen-bond donors (Lipinski definition) is 0. The van der Waals surface area contributed by atoms with Crippen LogP contribution in [0.2, 0.25) is 0 Å². The summed E-state index contributed by atoms with van der Waals surface area (Å²) in [4.78, 5) is 0. The van der Waals surface area contributed by atoms with Gasteiger partial charge in [0.1, 0.15) is 5.76 Å². The first-order chi connectivity index (χ1) is 8.48. The van der Waals surface area contributed by atoms with E-state index in [0.29, 0.717) is 20.3 Å². The molecule has 0 bridgehead atoms. The fourth-order valence-electron chi connectivity index (χ4n) is 1.66. The van der Waals surface area contributed by atoms with Crippen LogP contribution in [0.5, 0.6) is 11.5 Å². The smallest absolute Gasteiger partial charge is 0.464 e. The minimum atomic E-state index is -3.65. The van der Waals surface area contributed by atoms with Crippen LogP contribution in [0.4, 0.5) is 8.78 Å². The van der Waals surface area contributed by atoms with Gasteiger partial charge in [-0.15, -0.1) is 8.78 Å². The Morgan fingerprint density at radius 1 is 1.17 bits per heavy atom. The summed E-state index contributed by atoms with van der Waals surface area (Å²) < 4.78 is 41.0. The summed E-state index contributed by atoms with van der Waals surface area (Å²) in [6, 6.07) is 4.83.